The molecule has 1 aliphatic rings. The first-order valence-corrected chi connectivity index (χ1v) is 8.00. The number of fused-ring (bicyclic) bond motifs is 1. The SMILES string of the molecule is COCC(=O)N1CCc2sccc2C1c1ccc(C)cc1. The molecule has 0 radical (unpaired) electrons. The molecular weight excluding hydrogens is 282 g/mol. The van der Waals surface area contributed by atoms with Gasteiger partial charge in [-0.25, -0.2) is 0 Å². The number of rotatable bonds is 3. The Hall–Kier alpha value is -1.65. The van der Waals surface area contributed by atoms with Gasteiger partial charge in [-0.15, -0.1) is 11.3 Å². The van der Waals surface area contributed by atoms with E-state index in [0.29, 0.717) is 0 Å². The summed E-state index contributed by atoms with van der Waals surface area (Å²) in [6.07, 6.45) is 0.935. The van der Waals surface area contributed by atoms with E-state index in [1.54, 1.807) is 18.4 Å². The summed E-state index contributed by atoms with van der Waals surface area (Å²) in [5, 5.41) is 2.12. The van der Waals surface area contributed by atoms with Crippen LogP contribution in [0.5, 0.6) is 0 Å². The summed E-state index contributed by atoms with van der Waals surface area (Å²) in [6.45, 7) is 2.98. The summed E-state index contributed by atoms with van der Waals surface area (Å²) < 4.78 is 5.04. The number of amides is 1. The smallest absolute Gasteiger partial charge is 0.249 e. The fraction of sp³-hybridized carbons (Fsp3) is 0.353. The second kappa shape index (κ2) is 6.00. The second-order valence-electron chi connectivity index (χ2n) is 5.38. The minimum atomic E-state index is 0.0169. The van der Waals surface area contributed by atoms with Crippen molar-refractivity contribution in [2.45, 2.75) is 19.4 Å². The van der Waals surface area contributed by atoms with Crippen LogP contribution in [0.3, 0.4) is 0 Å². The van der Waals surface area contributed by atoms with Crippen LogP contribution in [0.25, 0.3) is 0 Å². The maximum absolute atomic E-state index is 12.4. The van der Waals surface area contributed by atoms with E-state index in [1.165, 1.54) is 21.6 Å². The molecule has 1 aromatic heterocycles. The summed E-state index contributed by atoms with van der Waals surface area (Å²) in [6, 6.07) is 10.6. The molecule has 0 N–H and O–H groups in total. The molecule has 0 fully saturated rings. The van der Waals surface area contributed by atoms with Crippen LogP contribution in [0, 0.1) is 6.92 Å². The minimum Gasteiger partial charge on any atom is -0.375 e. The van der Waals surface area contributed by atoms with Crippen molar-refractivity contribution in [3.63, 3.8) is 0 Å². The Kier molecular flexibility index (Phi) is 4.08. The normalized spacial score (nSPS) is 17.6. The number of aryl methyl sites for hydroxylation is 1. The van der Waals surface area contributed by atoms with Crippen LogP contribution in [0.1, 0.15) is 27.6 Å². The molecule has 2 aromatic rings. The van der Waals surface area contributed by atoms with E-state index in [2.05, 4.69) is 42.6 Å². The van der Waals surface area contributed by atoms with Crippen molar-refractivity contribution in [2.75, 3.05) is 20.3 Å². The Balaban J connectivity index is 2.01. The standard InChI is InChI=1S/C17H19NO2S/c1-12-3-5-13(6-4-12)17-14-8-10-21-15(14)7-9-18(17)16(19)11-20-2/h3-6,8,10,17H,7,9,11H2,1-2H3. The van der Waals surface area contributed by atoms with Gasteiger partial charge < -0.3 is 9.64 Å². The average molecular weight is 301 g/mol. The third kappa shape index (κ3) is 2.74. The molecule has 2 heterocycles. The van der Waals surface area contributed by atoms with Crippen molar-refractivity contribution in [3.05, 3.63) is 57.3 Å². The predicted octanol–water partition coefficient (Wildman–Crippen LogP) is 3.18. The van der Waals surface area contributed by atoms with Crippen LogP contribution >= 0.6 is 11.3 Å². The quantitative estimate of drug-likeness (QED) is 0.871. The van der Waals surface area contributed by atoms with Crippen LogP contribution in [-0.4, -0.2) is 31.1 Å². The van der Waals surface area contributed by atoms with Crippen LogP contribution in [0.15, 0.2) is 35.7 Å². The third-order valence-electron chi connectivity index (χ3n) is 3.95. The Morgan fingerprint density at radius 3 is 2.81 bits per heavy atom. The number of hydrogen-bond donors (Lipinski definition) is 0. The molecule has 1 amide bonds. The Morgan fingerprint density at radius 1 is 1.33 bits per heavy atom. The first kappa shape index (κ1) is 14.3. The van der Waals surface area contributed by atoms with Crippen LogP contribution in [0.4, 0.5) is 0 Å². The maximum atomic E-state index is 12.4. The lowest BCUT2D eigenvalue weighted by Crippen LogP contribution is -2.41. The van der Waals surface area contributed by atoms with E-state index >= 15 is 0 Å². The number of carbonyl (C=O) groups excluding carboxylic acids is 1. The van der Waals surface area contributed by atoms with Crippen LogP contribution in [0.2, 0.25) is 0 Å². The van der Waals surface area contributed by atoms with E-state index in [0.717, 1.165) is 13.0 Å². The summed E-state index contributed by atoms with van der Waals surface area (Å²) in [7, 11) is 1.57. The predicted molar refractivity (Wildman–Crippen MR) is 84.6 cm³/mol. The highest BCUT2D eigenvalue weighted by Crippen LogP contribution is 2.37. The number of nitrogens with zero attached hydrogens (tertiary/aromatic N) is 1. The summed E-state index contributed by atoms with van der Waals surface area (Å²) in [5.74, 6) is 0.0555. The lowest BCUT2D eigenvalue weighted by atomic mass is 9.92. The molecule has 3 rings (SSSR count). The number of hydrogen-bond acceptors (Lipinski definition) is 3. The Morgan fingerprint density at radius 2 is 2.10 bits per heavy atom. The molecule has 1 unspecified atom stereocenters. The van der Waals surface area contributed by atoms with Gasteiger partial charge in [0.05, 0.1) is 6.04 Å². The molecule has 1 aliphatic heterocycles. The van der Waals surface area contributed by atoms with Crippen LogP contribution < -0.4 is 0 Å². The summed E-state index contributed by atoms with van der Waals surface area (Å²) >= 11 is 1.78. The van der Waals surface area contributed by atoms with Crippen molar-refractivity contribution in [3.8, 4) is 0 Å². The van der Waals surface area contributed by atoms with Gasteiger partial charge in [0.1, 0.15) is 6.61 Å². The van der Waals surface area contributed by atoms with Gasteiger partial charge in [0.2, 0.25) is 5.91 Å². The molecular formula is C17H19NO2S. The number of ether oxygens (including phenoxy) is 1. The van der Waals surface area contributed by atoms with Crippen molar-refractivity contribution < 1.29 is 9.53 Å². The number of benzene rings is 1. The molecule has 1 atom stereocenters. The van der Waals surface area contributed by atoms with E-state index in [4.69, 9.17) is 4.74 Å². The van der Waals surface area contributed by atoms with Gasteiger partial charge in [0, 0.05) is 18.5 Å². The highest BCUT2D eigenvalue weighted by Gasteiger charge is 2.32. The maximum Gasteiger partial charge on any atom is 0.249 e. The molecule has 110 valence electrons. The zero-order chi connectivity index (χ0) is 14.8. The molecule has 0 aliphatic carbocycles. The first-order chi connectivity index (χ1) is 10.2. The van der Waals surface area contributed by atoms with Crippen molar-refractivity contribution in [1.82, 2.24) is 4.90 Å². The fourth-order valence-corrected chi connectivity index (χ4v) is 3.80. The molecule has 4 heteroatoms. The number of methoxy groups -OCH3 is 1. The summed E-state index contributed by atoms with van der Waals surface area (Å²) in [4.78, 5) is 15.7. The van der Waals surface area contributed by atoms with E-state index in [-0.39, 0.29) is 18.6 Å². The molecule has 0 spiro atoms. The Labute approximate surface area is 129 Å². The minimum absolute atomic E-state index is 0.0169. The van der Waals surface area contributed by atoms with Gasteiger partial charge in [-0.05, 0) is 35.9 Å². The van der Waals surface area contributed by atoms with E-state index in [1.807, 2.05) is 4.90 Å². The zero-order valence-electron chi connectivity index (χ0n) is 12.3. The molecule has 1 aromatic carbocycles. The lowest BCUT2D eigenvalue weighted by molar-refractivity contribution is -0.137. The van der Waals surface area contributed by atoms with Crippen LogP contribution in [-0.2, 0) is 16.0 Å². The highest BCUT2D eigenvalue weighted by molar-refractivity contribution is 7.10. The second-order valence-corrected chi connectivity index (χ2v) is 6.38. The number of carbonyl (C=O) groups is 1. The van der Waals surface area contributed by atoms with Crippen molar-refractivity contribution >= 4 is 17.2 Å². The van der Waals surface area contributed by atoms with Gasteiger partial charge in [-0.1, -0.05) is 29.8 Å². The first-order valence-electron chi connectivity index (χ1n) is 7.12. The molecule has 0 saturated heterocycles. The van der Waals surface area contributed by atoms with Crippen molar-refractivity contribution in [2.24, 2.45) is 0 Å². The lowest BCUT2D eigenvalue weighted by Gasteiger charge is -2.36. The molecule has 0 bridgehead atoms. The van der Waals surface area contributed by atoms with Gasteiger partial charge in [0.25, 0.3) is 0 Å². The van der Waals surface area contributed by atoms with Gasteiger partial charge >= 0.3 is 0 Å². The third-order valence-corrected chi connectivity index (χ3v) is 4.94. The molecule has 3 nitrogen and oxygen atoms in total. The van der Waals surface area contributed by atoms with Gasteiger partial charge in [0.15, 0.2) is 0 Å². The highest BCUT2D eigenvalue weighted by atomic mass is 32.1. The Bertz CT molecular complexity index is 632. The van der Waals surface area contributed by atoms with E-state index < -0.39 is 0 Å². The topological polar surface area (TPSA) is 29.5 Å². The van der Waals surface area contributed by atoms with Gasteiger partial charge in [-0.2, -0.15) is 0 Å². The van der Waals surface area contributed by atoms with Crippen molar-refractivity contribution in [1.29, 1.82) is 0 Å². The number of thiophene rings is 1. The molecule has 21 heavy (non-hydrogen) atoms. The monoisotopic (exact) mass is 301 g/mol. The summed E-state index contributed by atoms with van der Waals surface area (Å²) in [5.41, 5.74) is 3.67. The van der Waals surface area contributed by atoms with Gasteiger partial charge in [-0.3, -0.25) is 4.79 Å². The molecule has 0 saturated carbocycles. The fourth-order valence-electron chi connectivity index (χ4n) is 2.90. The zero-order valence-corrected chi connectivity index (χ0v) is 13.2. The average Bonchev–Trinajstić information content (AvgIpc) is 2.96. The van der Waals surface area contributed by atoms with E-state index in [9.17, 15) is 4.79 Å². The largest absolute Gasteiger partial charge is 0.375 e.